The van der Waals surface area contributed by atoms with Gasteiger partial charge in [0.05, 0.1) is 7.11 Å². The molecule has 0 heterocycles. The summed E-state index contributed by atoms with van der Waals surface area (Å²) in [5, 5.41) is 23.1. The third kappa shape index (κ3) is 3.37. The van der Waals surface area contributed by atoms with Crippen molar-refractivity contribution in [2.75, 3.05) is 7.11 Å². The summed E-state index contributed by atoms with van der Waals surface area (Å²) in [6, 6.07) is 6.38. The molecule has 6 nitrogen and oxygen atoms in total. The first-order valence-corrected chi connectivity index (χ1v) is 5.23. The van der Waals surface area contributed by atoms with Crippen LogP contribution < -0.4 is 5.32 Å². The molecule has 0 radical (unpaired) electrons. The first kappa shape index (κ1) is 13.8. The van der Waals surface area contributed by atoms with Crippen LogP contribution in [0.2, 0.25) is 5.02 Å². The Balaban J connectivity index is 2.95. The first-order chi connectivity index (χ1) is 8.62. The molecule has 0 fully saturated rings. The molecular formula is C11H10ClN3O3. The number of benzene rings is 1. The van der Waals surface area contributed by atoms with E-state index in [9.17, 15) is 4.79 Å². The van der Waals surface area contributed by atoms with Crippen molar-refractivity contribution in [3.05, 3.63) is 34.3 Å². The van der Waals surface area contributed by atoms with E-state index in [1.54, 1.807) is 24.3 Å². The van der Waals surface area contributed by atoms with Crippen LogP contribution in [-0.4, -0.2) is 24.1 Å². The quantitative estimate of drug-likeness (QED) is 0.497. The Morgan fingerprint density at radius 2 is 2.39 bits per heavy atom. The molecule has 1 aromatic rings. The van der Waals surface area contributed by atoms with Crippen LogP contribution in [0.3, 0.4) is 0 Å². The van der Waals surface area contributed by atoms with Crippen LogP contribution in [0, 0.1) is 11.3 Å². The summed E-state index contributed by atoms with van der Waals surface area (Å²) in [7, 11) is 1.25. The summed E-state index contributed by atoms with van der Waals surface area (Å²) >= 11 is 5.94. The minimum Gasteiger partial charge on any atom is -0.453 e. The third-order valence-electron chi connectivity index (χ3n) is 2.13. The van der Waals surface area contributed by atoms with Gasteiger partial charge in [0.15, 0.2) is 5.71 Å². The van der Waals surface area contributed by atoms with Crippen molar-refractivity contribution in [3.8, 4) is 6.07 Å². The summed E-state index contributed by atoms with van der Waals surface area (Å²) < 4.78 is 4.42. The van der Waals surface area contributed by atoms with Gasteiger partial charge in [-0.05, 0) is 17.7 Å². The number of methoxy groups -OCH3 is 1. The van der Waals surface area contributed by atoms with E-state index in [1.165, 1.54) is 7.11 Å². The van der Waals surface area contributed by atoms with Gasteiger partial charge >= 0.3 is 6.09 Å². The topological polar surface area (TPSA) is 94.7 Å². The minimum atomic E-state index is -0.590. The van der Waals surface area contributed by atoms with Crippen LogP contribution in [0.4, 0.5) is 4.79 Å². The van der Waals surface area contributed by atoms with Crippen molar-refractivity contribution in [3.63, 3.8) is 0 Å². The second kappa shape index (κ2) is 6.47. The Hall–Kier alpha value is -2.26. The van der Waals surface area contributed by atoms with E-state index >= 15 is 0 Å². The molecule has 0 atom stereocenters. The molecular weight excluding hydrogens is 258 g/mol. The molecule has 0 aliphatic carbocycles. The highest BCUT2D eigenvalue weighted by Gasteiger charge is 2.08. The van der Waals surface area contributed by atoms with Crippen molar-refractivity contribution in [2.45, 2.75) is 6.54 Å². The van der Waals surface area contributed by atoms with Crippen LogP contribution in [0.15, 0.2) is 23.4 Å². The van der Waals surface area contributed by atoms with Gasteiger partial charge in [-0.15, -0.1) is 0 Å². The lowest BCUT2D eigenvalue weighted by Gasteiger charge is -2.07. The highest BCUT2D eigenvalue weighted by atomic mass is 35.5. The molecule has 0 aliphatic rings. The first-order valence-electron chi connectivity index (χ1n) is 4.85. The second-order valence-electron chi connectivity index (χ2n) is 3.21. The van der Waals surface area contributed by atoms with Crippen LogP contribution >= 0.6 is 11.6 Å². The molecule has 0 aliphatic heterocycles. The van der Waals surface area contributed by atoms with Gasteiger partial charge in [0, 0.05) is 17.1 Å². The minimum absolute atomic E-state index is 0.133. The molecule has 0 saturated carbocycles. The molecule has 0 aromatic heterocycles. The monoisotopic (exact) mass is 267 g/mol. The fourth-order valence-electron chi connectivity index (χ4n) is 1.24. The zero-order valence-corrected chi connectivity index (χ0v) is 10.2. The molecule has 18 heavy (non-hydrogen) atoms. The van der Waals surface area contributed by atoms with Crippen molar-refractivity contribution in [1.82, 2.24) is 5.32 Å². The third-order valence-corrected chi connectivity index (χ3v) is 2.50. The number of nitriles is 1. The fraction of sp³-hybridized carbons (Fsp3) is 0.182. The summed E-state index contributed by atoms with van der Waals surface area (Å²) in [6.45, 7) is 0.142. The van der Waals surface area contributed by atoms with Crippen molar-refractivity contribution >= 4 is 23.4 Å². The molecule has 1 rings (SSSR count). The van der Waals surface area contributed by atoms with Gasteiger partial charge in [0.25, 0.3) is 0 Å². The zero-order valence-electron chi connectivity index (χ0n) is 9.48. The van der Waals surface area contributed by atoms with Gasteiger partial charge in [-0.3, -0.25) is 0 Å². The van der Waals surface area contributed by atoms with Crippen LogP contribution in [-0.2, 0) is 11.3 Å². The van der Waals surface area contributed by atoms with Crippen LogP contribution in [0.25, 0.3) is 0 Å². The van der Waals surface area contributed by atoms with Crippen molar-refractivity contribution in [1.29, 1.82) is 5.26 Å². The maximum atomic E-state index is 10.9. The molecule has 0 saturated heterocycles. The van der Waals surface area contributed by atoms with Crippen LogP contribution in [0.5, 0.6) is 0 Å². The predicted molar refractivity (Wildman–Crippen MR) is 64.6 cm³/mol. The smallest absolute Gasteiger partial charge is 0.407 e. The second-order valence-corrected chi connectivity index (χ2v) is 3.62. The lowest BCUT2D eigenvalue weighted by molar-refractivity contribution is 0.170. The van der Waals surface area contributed by atoms with Gasteiger partial charge < -0.3 is 15.3 Å². The summed E-state index contributed by atoms with van der Waals surface area (Å²) in [5.41, 5.74) is 0.855. The number of carbonyl (C=O) groups is 1. The van der Waals surface area contributed by atoms with E-state index in [0.717, 1.165) is 0 Å². The van der Waals surface area contributed by atoms with Crippen LogP contribution in [0.1, 0.15) is 11.1 Å². The maximum Gasteiger partial charge on any atom is 0.407 e. The molecule has 0 unspecified atom stereocenters. The van der Waals surface area contributed by atoms with E-state index < -0.39 is 6.09 Å². The molecule has 0 bridgehead atoms. The van der Waals surface area contributed by atoms with E-state index in [1.807, 2.05) is 0 Å². The van der Waals surface area contributed by atoms with Gasteiger partial charge in [-0.2, -0.15) is 5.26 Å². The number of halogens is 1. The highest BCUT2D eigenvalue weighted by molar-refractivity contribution is 6.31. The zero-order chi connectivity index (χ0) is 13.5. The average molecular weight is 268 g/mol. The van der Waals surface area contributed by atoms with Crippen molar-refractivity contribution in [2.24, 2.45) is 5.16 Å². The Labute approximate surface area is 108 Å². The van der Waals surface area contributed by atoms with Gasteiger partial charge in [-0.1, -0.05) is 22.8 Å². The molecule has 7 heteroatoms. The van der Waals surface area contributed by atoms with Crippen molar-refractivity contribution < 1.29 is 14.7 Å². The van der Waals surface area contributed by atoms with Gasteiger partial charge in [0.2, 0.25) is 0 Å². The normalized spacial score (nSPS) is 10.6. The number of amides is 1. The van der Waals surface area contributed by atoms with E-state index in [0.29, 0.717) is 16.1 Å². The summed E-state index contributed by atoms with van der Waals surface area (Å²) in [6.07, 6.45) is -0.590. The Morgan fingerprint density at radius 3 is 2.94 bits per heavy atom. The standard InChI is InChI=1S/C11H10ClN3O3/c1-18-11(16)14-6-8-4-7(2-3-9(8)12)10(5-13)15-17/h2-4,17H,6H2,1H3,(H,14,16). The number of carbonyl (C=O) groups excluding carboxylic acids is 1. The number of alkyl carbamates (subject to hydrolysis) is 1. The van der Waals surface area contributed by atoms with E-state index in [4.69, 9.17) is 22.1 Å². The Kier molecular flexibility index (Phi) is 4.96. The molecule has 2 N–H and O–H groups in total. The maximum absolute atomic E-state index is 10.9. The Morgan fingerprint density at radius 1 is 1.67 bits per heavy atom. The predicted octanol–water partition coefficient (Wildman–Crippen LogP) is 1.90. The number of ether oxygens (including phenoxy) is 1. The Bertz CT molecular complexity index is 523. The number of nitrogens with one attached hydrogen (secondary N) is 1. The molecule has 0 spiro atoms. The number of hydrogen-bond donors (Lipinski definition) is 2. The average Bonchev–Trinajstić information content (AvgIpc) is 2.39. The molecule has 94 valence electrons. The largest absolute Gasteiger partial charge is 0.453 e. The summed E-state index contributed by atoms with van der Waals surface area (Å²) in [4.78, 5) is 10.9. The lowest BCUT2D eigenvalue weighted by atomic mass is 10.1. The summed E-state index contributed by atoms with van der Waals surface area (Å²) in [5.74, 6) is 0. The fourth-order valence-corrected chi connectivity index (χ4v) is 1.43. The highest BCUT2D eigenvalue weighted by Crippen LogP contribution is 2.18. The van der Waals surface area contributed by atoms with Gasteiger partial charge in [-0.25, -0.2) is 4.79 Å². The van der Waals surface area contributed by atoms with E-state index in [2.05, 4.69) is 15.2 Å². The number of rotatable bonds is 3. The molecule has 1 amide bonds. The number of oxime groups is 1. The van der Waals surface area contributed by atoms with Gasteiger partial charge in [0.1, 0.15) is 6.07 Å². The lowest BCUT2D eigenvalue weighted by Crippen LogP contribution is -2.22. The van der Waals surface area contributed by atoms with E-state index in [-0.39, 0.29) is 12.3 Å². The SMILES string of the molecule is COC(=O)NCc1cc(C(C#N)=NO)ccc1Cl. The molecule has 1 aromatic carbocycles. The number of nitrogens with zero attached hydrogens (tertiary/aromatic N) is 2. The number of hydrogen-bond acceptors (Lipinski definition) is 5.